The number of nitro benzene ring substituents is 1. The first-order valence-corrected chi connectivity index (χ1v) is 12.3. The molecule has 186 valence electrons. The van der Waals surface area contributed by atoms with E-state index in [2.05, 4.69) is 24.9 Å². The molecule has 1 atom stereocenters. The fourth-order valence-electron chi connectivity index (χ4n) is 4.94. The first-order chi connectivity index (χ1) is 17.1. The summed E-state index contributed by atoms with van der Waals surface area (Å²) in [7, 11) is 0. The van der Waals surface area contributed by atoms with Crippen molar-refractivity contribution in [1.82, 2.24) is 20.0 Å². The normalized spacial score (nSPS) is 21.4. The van der Waals surface area contributed by atoms with Crippen LogP contribution in [0.15, 0.2) is 36.4 Å². The van der Waals surface area contributed by atoms with Gasteiger partial charge in [-0.3, -0.25) is 19.8 Å². The van der Waals surface area contributed by atoms with Gasteiger partial charge in [-0.1, -0.05) is 0 Å². The Kier molecular flexibility index (Phi) is 7.05. The van der Waals surface area contributed by atoms with Gasteiger partial charge >= 0.3 is 0 Å². The summed E-state index contributed by atoms with van der Waals surface area (Å²) in [5.74, 6) is 1.60. The number of hydrogen-bond acceptors (Lipinski definition) is 9. The molecular weight excluding hydrogens is 450 g/mol. The summed E-state index contributed by atoms with van der Waals surface area (Å²) in [5.41, 5.74) is 0.443. The zero-order chi connectivity index (χ0) is 24.2. The van der Waals surface area contributed by atoms with Crippen molar-refractivity contribution < 1.29 is 14.5 Å². The van der Waals surface area contributed by atoms with Crippen molar-refractivity contribution in [3.05, 3.63) is 52.1 Å². The van der Waals surface area contributed by atoms with Gasteiger partial charge in [0.2, 0.25) is 0 Å². The largest absolute Gasteiger partial charge is 0.377 e. The molecule has 0 bridgehead atoms. The lowest BCUT2D eigenvalue weighted by atomic mass is 10.1. The van der Waals surface area contributed by atoms with E-state index in [0.717, 1.165) is 51.0 Å². The summed E-state index contributed by atoms with van der Waals surface area (Å²) in [6, 6.07) is 9.80. The third kappa shape index (κ3) is 5.51. The van der Waals surface area contributed by atoms with Crippen LogP contribution in [0.25, 0.3) is 0 Å². The number of ether oxygens (including phenoxy) is 1. The van der Waals surface area contributed by atoms with Crippen molar-refractivity contribution in [2.24, 2.45) is 0 Å². The summed E-state index contributed by atoms with van der Waals surface area (Å²) >= 11 is 0. The molecule has 0 saturated carbocycles. The van der Waals surface area contributed by atoms with Crippen molar-refractivity contribution in [3.8, 4) is 0 Å². The number of aromatic nitrogens is 2. The Balaban J connectivity index is 1.10. The summed E-state index contributed by atoms with van der Waals surface area (Å²) in [6.07, 6.45) is 2.75. The van der Waals surface area contributed by atoms with Gasteiger partial charge in [-0.15, -0.1) is 10.2 Å². The smallest absolute Gasteiger partial charge is 0.269 e. The number of benzene rings is 1. The number of nitro groups is 1. The molecular formula is C24H31N7O4. The Hall–Kier alpha value is -3.31. The molecule has 1 amide bonds. The van der Waals surface area contributed by atoms with E-state index in [1.165, 1.54) is 37.1 Å². The van der Waals surface area contributed by atoms with Gasteiger partial charge in [0.15, 0.2) is 11.6 Å². The number of carbonyl (C=O) groups excluding carboxylic acids is 1. The zero-order valence-corrected chi connectivity index (χ0v) is 19.8. The summed E-state index contributed by atoms with van der Waals surface area (Å²) in [4.78, 5) is 31.8. The lowest BCUT2D eigenvalue weighted by molar-refractivity contribution is -0.384. The van der Waals surface area contributed by atoms with E-state index < -0.39 is 4.92 Å². The van der Waals surface area contributed by atoms with Crippen LogP contribution >= 0.6 is 0 Å². The highest BCUT2D eigenvalue weighted by Crippen LogP contribution is 2.20. The molecule has 3 saturated heterocycles. The van der Waals surface area contributed by atoms with Crippen molar-refractivity contribution in [2.75, 3.05) is 75.3 Å². The Morgan fingerprint density at radius 3 is 2.03 bits per heavy atom. The van der Waals surface area contributed by atoms with Gasteiger partial charge < -0.3 is 19.4 Å². The Morgan fingerprint density at radius 1 is 0.914 bits per heavy atom. The minimum atomic E-state index is -0.466. The van der Waals surface area contributed by atoms with Crippen molar-refractivity contribution >= 4 is 23.2 Å². The molecule has 5 rings (SSSR count). The van der Waals surface area contributed by atoms with E-state index in [-0.39, 0.29) is 11.6 Å². The lowest BCUT2D eigenvalue weighted by Gasteiger charge is -2.37. The highest BCUT2D eigenvalue weighted by molar-refractivity contribution is 5.94. The van der Waals surface area contributed by atoms with Crippen molar-refractivity contribution in [3.63, 3.8) is 0 Å². The van der Waals surface area contributed by atoms with Crippen LogP contribution in [-0.4, -0.2) is 102 Å². The van der Waals surface area contributed by atoms with Crippen LogP contribution in [0.3, 0.4) is 0 Å². The molecule has 0 spiro atoms. The van der Waals surface area contributed by atoms with Gasteiger partial charge in [0, 0.05) is 83.2 Å². The maximum absolute atomic E-state index is 12.8. The van der Waals surface area contributed by atoms with Crippen LogP contribution in [0.5, 0.6) is 0 Å². The number of nitrogens with zero attached hydrogens (tertiary/aromatic N) is 7. The molecule has 1 unspecified atom stereocenters. The predicted molar refractivity (Wildman–Crippen MR) is 131 cm³/mol. The first-order valence-electron chi connectivity index (χ1n) is 12.3. The fourth-order valence-corrected chi connectivity index (χ4v) is 4.94. The maximum Gasteiger partial charge on any atom is 0.269 e. The number of non-ortho nitro benzene ring substituents is 1. The second-order valence-electron chi connectivity index (χ2n) is 9.26. The van der Waals surface area contributed by atoms with Gasteiger partial charge in [0.25, 0.3) is 11.6 Å². The number of hydrogen-bond donors (Lipinski definition) is 0. The van der Waals surface area contributed by atoms with Crippen LogP contribution in [0.1, 0.15) is 23.2 Å². The molecule has 11 nitrogen and oxygen atoms in total. The summed E-state index contributed by atoms with van der Waals surface area (Å²) in [6.45, 7) is 8.26. The Labute approximate surface area is 204 Å². The van der Waals surface area contributed by atoms with Gasteiger partial charge in [-0.25, -0.2) is 0 Å². The van der Waals surface area contributed by atoms with E-state index in [1.807, 2.05) is 12.1 Å². The van der Waals surface area contributed by atoms with E-state index in [9.17, 15) is 14.9 Å². The number of rotatable bonds is 6. The van der Waals surface area contributed by atoms with E-state index in [4.69, 9.17) is 4.74 Å². The fraction of sp³-hybridized carbons (Fsp3) is 0.542. The monoisotopic (exact) mass is 481 g/mol. The topological polar surface area (TPSA) is 108 Å². The third-order valence-electron chi connectivity index (χ3n) is 7.03. The molecule has 0 radical (unpaired) electrons. The highest BCUT2D eigenvalue weighted by Gasteiger charge is 2.25. The van der Waals surface area contributed by atoms with E-state index in [1.54, 1.807) is 4.90 Å². The molecule has 3 fully saturated rings. The quantitative estimate of drug-likeness (QED) is 0.449. The van der Waals surface area contributed by atoms with Crippen LogP contribution in [0, 0.1) is 10.1 Å². The molecule has 35 heavy (non-hydrogen) atoms. The van der Waals surface area contributed by atoms with Crippen molar-refractivity contribution in [1.29, 1.82) is 0 Å². The molecule has 0 N–H and O–H groups in total. The molecule has 3 aliphatic heterocycles. The van der Waals surface area contributed by atoms with Crippen LogP contribution in [0.4, 0.5) is 17.3 Å². The van der Waals surface area contributed by atoms with Gasteiger partial charge in [-0.2, -0.15) is 0 Å². The van der Waals surface area contributed by atoms with Crippen LogP contribution in [-0.2, 0) is 4.74 Å². The third-order valence-corrected chi connectivity index (χ3v) is 7.03. The number of amides is 1. The second-order valence-corrected chi connectivity index (χ2v) is 9.26. The SMILES string of the molecule is O=C(c1ccc([N+](=O)[O-])cc1)N1CCN(c2ccc(N3CCN(CC4CCCO4)CC3)nn2)CC1. The van der Waals surface area contributed by atoms with Gasteiger partial charge in [0.1, 0.15) is 0 Å². The molecule has 1 aromatic carbocycles. The number of piperazine rings is 2. The summed E-state index contributed by atoms with van der Waals surface area (Å²) < 4.78 is 5.77. The van der Waals surface area contributed by atoms with E-state index in [0.29, 0.717) is 37.8 Å². The Morgan fingerprint density at radius 2 is 1.51 bits per heavy atom. The Bertz CT molecular complexity index is 1010. The molecule has 11 heteroatoms. The number of anilines is 2. The molecule has 1 aromatic heterocycles. The molecule has 0 aliphatic carbocycles. The van der Waals surface area contributed by atoms with Gasteiger partial charge in [-0.05, 0) is 37.1 Å². The standard InChI is InChI=1S/C24H31N7O4/c32-24(19-3-5-20(6-4-19)31(33)34)30-15-13-29(14-16-30)23-8-7-22(25-26-23)28-11-9-27(10-12-28)18-21-2-1-17-35-21/h3-8,21H,1-2,9-18H2. The molecule has 4 heterocycles. The zero-order valence-electron chi connectivity index (χ0n) is 19.8. The molecule has 2 aromatic rings. The van der Waals surface area contributed by atoms with Crippen LogP contribution < -0.4 is 9.80 Å². The molecule has 3 aliphatic rings. The average Bonchev–Trinajstić information content (AvgIpc) is 3.42. The second kappa shape index (κ2) is 10.5. The minimum absolute atomic E-state index is 0.0195. The number of carbonyl (C=O) groups is 1. The van der Waals surface area contributed by atoms with Crippen molar-refractivity contribution in [2.45, 2.75) is 18.9 Å². The van der Waals surface area contributed by atoms with Crippen LogP contribution in [0.2, 0.25) is 0 Å². The van der Waals surface area contributed by atoms with Gasteiger partial charge in [0.05, 0.1) is 11.0 Å². The summed E-state index contributed by atoms with van der Waals surface area (Å²) in [5, 5.41) is 19.8. The average molecular weight is 482 g/mol. The predicted octanol–water partition coefficient (Wildman–Crippen LogP) is 1.65. The lowest BCUT2D eigenvalue weighted by Crippen LogP contribution is -2.49. The van der Waals surface area contributed by atoms with E-state index >= 15 is 0 Å². The first kappa shape index (κ1) is 23.4. The minimum Gasteiger partial charge on any atom is -0.377 e. The highest BCUT2D eigenvalue weighted by atomic mass is 16.6. The maximum atomic E-state index is 12.8.